The van der Waals surface area contributed by atoms with E-state index in [1.54, 1.807) is 13.8 Å². The average molecular weight is 366 g/mol. The molecule has 1 amide bonds. The van der Waals surface area contributed by atoms with E-state index in [-0.39, 0.29) is 16.5 Å². The van der Waals surface area contributed by atoms with Gasteiger partial charge in [-0.25, -0.2) is 13.1 Å². The molecule has 5 nitrogen and oxygen atoms in total. The highest BCUT2D eigenvalue weighted by Crippen LogP contribution is 2.21. The van der Waals surface area contributed by atoms with Crippen LogP contribution in [0.25, 0.3) is 0 Å². The smallest absolute Gasteiger partial charge is 0.327 e. The minimum atomic E-state index is -4.54. The number of hydrogen-bond acceptors (Lipinski definition) is 3. The number of halogens is 3. The summed E-state index contributed by atoms with van der Waals surface area (Å²) in [6, 6.07) is 3.94. The molecule has 1 N–H and O–H groups in total. The van der Waals surface area contributed by atoms with E-state index in [0.717, 1.165) is 6.07 Å². The summed E-state index contributed by atoms with van der Waals surface area (Å²) in [6.07, 6.45) is -4.54. The number of benzene rings is 1. The molecule has 24 heavy (non-hydrogen) atoms. The molecule has 1 aromatic carbocycles. The Hall–Kier alpha value is -1.61. The first kappa shape index (κ1) is 20.4. The normalized spacial score (nSPS) is 12.7. The molecule has 0 aromatic heterocycles. The molecule has 0 radical (unpaired) electrons. The third-order valence-corrected chi connectivity index (χ3v) is 4.67. The van der Waals surface area contributed by atoms with Crippen molar-refractivity contribution < 1.29 is 26.4 Å². The van der Waals surface area contributed by atoms with Crippen LogP contribution in [0.1, 0.15) is 38.1 Å². The van der Waals surface area contributed by atoms with E-state index in [1.807, 2.05) is 0 Å². The van der Waals surface area contributed by atoms with Gasteiger partial charge in [0.2, 0.25) is 10.0 Å². The number of amides is 1. The Labute approximate surface area is 139 Å². The zero-order valence-electron chi connectivity index (χ0n) is 13.9. The second-order valence-electron chi connectivity index (χ2n) is 5.95. The number of carbonyl (C=O) groups excluding carboxylic acids is 1. The highest BCUT2D eigenvalue weighted by molar-refractivity contribution is 7.89. The van der Waals surface area contributed by atoms with Gasteiger partial charge in [0.1, 0.15) is 6.54 Å². The van der Waals surface area contributed by atoms with Crippen LogP contribution >= 0.6 is 0 Å². The van der Waals surface area contributed by atoms with Gasteiger partial charge in [-0.05, 0) is 45.9 Å². The van der Waals surface area contributed by atoms with E-state index in [2.05, 4.69) is 4.72 Å². The van der Waals surface area contributed by atoms with Crippen molar-refractivity contribution in [1.29, 1.82) is 0 Å². The van der Waals surface area contributed by atoms with Crippen molar-refractivity contribution in [2.24, 2.45) is 0 Å². The van der Waals surface area contributed by atoms with Crippen molar-refractivity contribution in [2.75, 3.05) is 6.54 Å². The van der Waals surface area contributed by atoms with Gasteiger partial charge in [-0.2, -0.15) is 13.2 Å². The third-order valence-electron chi connectivity index (χ3n) is 3.02. The van der Waals surface area contributed by atoms with E-state index >= 15 is 0 Å². The van der Waals surface area contributed by atoms with Gasteiger partial charge >= 0.3 is 6.18 Å². The Balaban J connectivity index is 3.18. The first-order chi connectivity index (χ1) is 10.8. The first-order valence-corrected chi connectivity index (χ1v) is 8.82. The van der Waals surface area contributed by atoms with E-state index in [1.165, 1.54) is 32.0 Å². The van der Waals surface area contributed by atoms with Crippen molar-refractivity contribution in [3.8, 4) is 0 Å². The highest BCUT2D eigenvalue weighted by atomic mass is 32.2. The summed E-state index contributed by atoms with van der Waals surface area (Å²) in [4.78, 5) is 12.9. The molecular weight excluding hydrogens is 345 g/mol. The molecule has 0 saturated heterocycles. The van der Waals surface area contributed by atoms with Gasteiger partial charge < -0.3 is 4.90 Å². The third kappa shape index (κ3) is 5.79. The van der Waals surface area contributed by atoms with Gasteiger partial charge in [0.25, 0.3) is 5.91 Å². The molecule has 0 spiro atoms. The van der Waals surface area contributed by atoms with Crippen LogP contribution in [0.3, 0.4) is 0 Å². The summed E-state index contributed by atoms with van der Waals surface area (Å²) in [6.45, 7) is 4.80. The van der Waals surface area contributed by atoms with Gasteiger partial charge in [0.05, 0.1) is 4.90 Å². The van der Waals surface area contributed by atoms with Crippen LogP contribution < -0.4 is 4.72 Å². The number of sulfonamides is 1. The second-order valence-corrected chi connectivity index (χ2v) is 7.66. The minimum Gasteiger partial charge on any atom is -0.327 e. The molecule has 0 aliphatic heterocycles. The molecule has 0 saturated carbocycles. The number of nitrogens with one attached hydrogen (secondary N) is 1. The van der Waals surface area contributed by atoms with E-state index < -0.39 is 34.7 Å². The van der Waals surface area contributed by atoms with Crippen molar-refractivity contribution in [2.45, 2.75) is 50.9 Å². The molecule has 0 fully saturated rings. The molecule has 1 rings (SSSR count). The Morgan fingerprint density at radius 1 is 1.21 bits per heavy atom. The maximum absolute atomic E-state index is 12.7. The summed E-state index contributed by atoms with van der Waals surface area (Å²) in [5.74, 6) is -0.871. The fourth-order valence-corrected chi connectivity index (χ4v) is 3.32. The van der Waals surface area contributed by atoms with Gasteiger partial charge in [0, 0.05) is 17.6 Å². The van der Waals surface area contributed by atoms with E-state index in [4.69, 9.17) is 0 Å². The lowest BCUT2D eigenvalue weighted by atomic mass is 10.1. The maximum atomic E-state index is 12.7. The van der Waals surface area contributed by atoms with Gasteiger partial charge in [-0.1, -0.05) is 6.07 Å². The van der Waals surface area contributed by atoms with Crippen molar-refractivity contribution in [3.05, 3.63) is 29.8 Å². The number of rotatable bonds is 6. The molecule has 0 heterocycles. The monoisotopic (exact) mass is 366 g/mol. The van der Waals surface area contributed by atoms with E-state index in [9.17, 15) is 26.4 Å². The summed E-state index contributed by atoms with van der Waals surface area (Å²) in [5, 5.41) is 0. The van der Waals surface area contributed by atoms with Crippen molar-refractivity contribution in [3.63, 3.8) is 0 Å². The molecule has 0 unspecified atom stereocenters. The molecule has 9 heteroatoms. The van der Waals surface area contributed by atoms with Gasteiger partial charge in [0.15, 0.2) is 0 Å². The highest BCUT2D eigenvalue weighted by Gasteiger charge is 2.34. The van der Waals surface area contributed by atoms with Crippen molar-refractivity contribution >= 4 is 15.9 Å². The number of nitrogens with zero attached hydrogens (tertiary/aromatic N) is 1. The summed E-state index contributed by atoms with van der Waals surface area (Å²) in [5.41, 5.74) is -0.111. The molecule has 0 aliphatic carbocycles. The van der Waals surface area contributed by atoms with Crippen LogP contribution in [0, 0.1) is 0 Å². The fourth-order valence-electron chi connectivity index (χ4n) is 2.02. The Bertz CT molecular complexity index is 685. The van der Waals surface area contributed by atoms with Crippen molar-refractivity contribution in [1.82, 2.24) is 9.62 Å². The molecule has 0 bridgehead atoms. The lowest BCUT2D eigenvalue weighted by Crippen LogP contribution is -2.43. The SMILES string of the molecule is CC(C)NS(=O)(=O)c1cccc(C(=O)N(CC(F)(F)F)C(C)C)c1. The fraction of sp³-hybridized carbons (Fsp3) is 0.533. The standard InChI is InChI=1S/C15H21F3N2O3S/c1-10(2)19-24(22,23)13-7-5-6-12(8-13)14(21)20(11(3)4)9-15(16,17)18/h5-8,10-11,19H,9H2,1-4H3. The topological polar surface area (TPSA) is 66.5 Å². The summed E-state index contributed by atoms with van der Waals surface area (Å²) < 4.78 is 64.6. The van der Waals surface area contributed by atoms with Crippen LogP contribution in [-0.2, 0) is 10.0 Å². The number of carbonyl (C=O) groups is 1. The van der Waals surface area contributed by atoms with Crippen LogP contribution in [0.4, 0.5) is 13.2 Å². The predicted octanol–water partition coefficient (Wildman–Crippen LogP) is 2.79. The molecule has 1 aromatic rings. The van der Waals surface area contributed by atoms with Gasteiger partial charge in [-0.3, -0.25) is 4.79 Å². The zero-order chi connectivity index (χ0) is 18.7. The van der Waals surface area contributed by atoms with Gasteiger partial charge in [-0.15, -0.1) is 0 Å². The predicted molar refractivity (Wildman–Crippen MR) is 84.1 cm³/mol. The number of alkyl halides is 3. The molecule has 136 valence electrons. The average Bonchev–Trinajstić information content (AvgIpc) is 2.41. The summed E-state index contributed by atoms with van der Waals surface area (Å²) >= 11 is 0. The number of hydrogen-bond donors (Lipinski definition) is 1. The minimum absolute atomic E-state index is 0.111. The van der Waals surface area contributed by atoms with Crippen LogP contribution in [0.15, 0.2) is 29.2 Å². The van der Waals surface area contributed by atoms with E-state index in [0.29, 0.717) is 4.90 Å². The molecule has 0 aliphatic rings. The second kappa shape index (κ2) is 7.52. The molecule has 0 atom stereocenters. The maximum Gasteiger partial charge on any atom is 0.406 e. The van der Waals surface area contributed by atoms with Crippen LogP contribution in [0.5, 0.6) is 0 Å². The Morgan fingerprint density at radius 3 is 2.25 bits per heavy atom. The van der Waals surface area contributed by atoms with Crippen LogP contribution in [-0.4, -0.2) is 44.0 Å². The first-order valence-electron chi connectivity index (χ1n) is 7.33. The zero-order valence-corrected chi connectivity index (χ0v) is 14.7. The van der Waals surface area contributed by atoms with Crippen LogP contribution in [0.2, 0.25) is 0 Å². The summed E-state index contributed by atoms with van der Waals surface area (Å²) in [7, 11) is -3.84. The molecular formula is C15H21F3N2O3S. The Kier molecular flexibility index (Phi) is 6.40. The largest absolute Gasteiger partial charge is 0.406 e. The quantitative estimate of drug-likeness (QED) is 0.842. The lowest BCUT2D eigenvalue weighted by molar-refractivity contribution is -0.143. The lowest BCUT2D eigenvalue weighted by Gasteiger charge is -2.28. The Morgan fingerprint density at radius 2 is 1.79 bits per heavy atom.